The number of carbonyl (C=O) groups is 1. The number of amides is 1. The second-order valence-corrected chi connectivity index (χ2v) is 5.61. The van der Waals surface area contributed by atoms with Crippen molar-refractivity contribution < 1.29 is 9.53 Å². The molecule has 114 valence electrons. The maximum Gasteiger partial charge on any atom is 0.236 e. The molecular formula is C19H21NO2. The molecule has 1 unspecified atom stereocenters. The summed E-state index contributed by atoms with van der Waals surface area (Å²) >= 11 is 0. The summed E-state index contributed by atoms with van der Waals surface area (Å²) in [6, 6.07) is 19.9. The van der Waals surface area contributed by atoms with Crippen molar-refractivity contribution in [3.63, 3.8) is 0 Å². The van der Waals surface area contributed by atoms with Crippen LogP contribution in [0.2, 0.25) is 0 Å². The molecule has 22 heavy (non-hydrogen) atoms. The van der Waals surface area contributed by atoms with Crippen LogP contribution in [0, 0.1) is 0 Å². The minimum atomic E-state index is -0.272. The Kier molecular flexibility index (Phi) is 4.54. The van der Waals surface area contributed by atoms with Gasteiger partial charge in [-0.2, -0.15) is 0 Å². The monoisotopic (exact) mass is 295 g/mol. The zero-order chi connectivity index (χ0) is 15.4. The molecule has 3 rings (SSSR count). The van der Waals surface area contributed by atoms with Crippen LogP contribution in [0.15, 0.2) is 60.7 Å². The van der Waals surface area contributed by atoms with Crippen LogP contribution in [0.4, 0.5) is 0 Å². The Morgan fingerprint density at radius 1 is 1.05 bits per heavy atom. The summed E-state index contributed by atoms with van der Waals surface area (Å²) in [6.45, 7) is 3.44. The van der Waals surface area contributed by atoms with Crippen molar-refractivity contribution in [1.29, 1.82) is 0 Å². The molecule has 1 aliphatic heterocycles. The van der Waals surface area contributed by atoms with Gasteiger partial charge in [-0.3, -0.25) is 4.79 Å². The lowest BCUT2D eigenvalue weighted by Crippen LogP contribution is -2.47. The van der Waals surface area contributed by atoms with Crippen molar-refractivity contribution in [3.8, 4) is 0 Å². The first-order chi connectivity index (χ1) is 10.8. The highest BCUT2D eigenvalue weighted by atomic mass is 16.5. The number of rotatable bonds is 3. The van der Waals surface area contributed by atoms with E-state index in [4.69, 9.17) is 4.74 Å². The predicted octanol–water partition coefficient (Wildman–Crippen LogP) is 3.41. The summed E-state index contributed by atoms with van der Waals surface area (Å²) in [5.41, 5.74) is 2.05. The van der Waals surface area contributed by atoms with Gasteiger partial charge in [0.15, 0.2) is 0 Å². The predicted molar refractivity (Wildman–Crippen MR) is 86.5 cm³/mol. The average Bonchev–Trinajstić information content (AvgIpc) is 2.57. The van der Waals surface area contributed by atoms with E-state index in [9.17, 15) is 4.79 Å². The molecule has 1 atom stereocenters. The maximum atomic E-state index is 13.2. The van der Waals surface area contributed by atoms with E-state index in [1.807, 2.05) is 72.5 Å². The first kappa shape index (κ1) is 14.8. The van der Waals surface area contributed by atoms with Gasteiger partial charge in [0.05, 0.1) is 12.5 Å². The third-order valence-electron chi connectivity index (χ3n) is 4.14. The Morgan fingerprint density at radius 3 is 2.09 bits per heavy atom. The smallest absolute Gasteiger partial charge is 0.236 e. The molecule has 2 aromatic carbocycles. The van der Waals surface area contributed by atoms with Gasteiger partial charge in [0.25, 0.3) is 0 Å². The molecule has 0 saturated carbocycles. The molecule has 0 bridgehead atoms. The van der Waals surface area contributed by atoms with E-state index < -0.39 is 0 Å². The van der Waals surface area contributed by atoms with Crippen molar-refractivity contribution >= 4 is 5.91 Å². The van der Waals surface area contributed by atoms with Crippen molar-refractivity contribution in [1.82, 2.24) is 4.90 Å². The summed E-state index contributed by atoms with van der Waals surface area (Å²) < 4.78 is 5.64. The first-order valence-corrected chi connectivity index (χ1v) is 7.79. The standard InChI is InChI=1S/C19H21NO2/c1-15-20(13-8-14-22-15)19(21)18(16-9-4-2-5-10-16)17-11-6-3-7-12-17/h2-7,9-12,15,18H,8,13-14H2,1H3. The zero-order valence-electron chi connectivity index (χ0n) is 12.8. The van der Waals surface area contributed by atoms with E-state index in [-0.39, 0.29) is 18.1 Å². The quantitative estimate of drug-likeness (QED) is 0.868. The third-order valence-corrected chi connectivity index (χ3v) is 4.14. The van der Waals surface area contributed by atoms with E-state index >= 15 is 0 Å². The zero-order valence-corrected chi connectivity index (χ0v) is 12.8. The number of nitrogens with zero attached hydrogens (tertiary/aromatic N) is 1. The number of hydrogen-bond acceptors (Lipinski definition) is 2. The molecule has 1 amide bonds. The van der Waals surface area contributed by atoms with Gasteiger partial charge in [-0.25, -0.2) is 0 Å². The van der Waals surface area contributed by atoms with Gasteiger partial charge in [0.2, 0.25) is 5.91 Å². The van der Waals surface area contributed by atoms with Crippen LogP contribution in [0.25, 0.3) is 0 Å². The maximum absolute atomic E-state index is 13.2. The van der Waals surface area contributed by atoms with E-state index in [0.717, 1.165) is 30.7 Å². The van der Waals surface area contributed by atoms with Crippen molar-refractivity contribution in [3.05, 3.63) is 71.8 Å². The van der Waals surface area contributed by atoms with Crippen molar-refractivity contribution in [2.24, 2.45) is 0 Å². The summed E-state index contributed by atoms with van der Waals surface area (Å²) in [5.74, 6) is -0.156. The molecule has 0 radical (unpaired) electrons. The average molecular weight is 295 g/mol. The lowest BCUT2D eigenvalue weighted by atomic mass is 9.90. The molecule has 1 heterocycles. The molecule has 0 aliphatic carbocycles. The number of ether oxygens (including phenoxy) is 1. The van der Waals surface area contributed by atoms with E-state index in [1.165, 1.54) is 0 Å². The van der Waals surface area contributed by atoms with Crippen LogP contribution in [-0.4, -0.2) is 30.2 Å². The van der Waals surface area contributed by atoms with Crippen LogP contribution in [0.5, 0.6) is 0 Å². The Labute approximate surface area is 131 Å². The highest BCUT2D eigenvalue weighted by molar-refractivity contribution is 5.87. The van der Waals surface area contributed by atoms with Crippen molar-refractivity contribution in [2.75, 3.05) is 13.2 Å². The topological polar surface area (TPSA) is 29.5 Å². The molecule has 2 aromatic rings. The lowest BCUT2D eigenvalue weighted by Gasteiger charge is -2.36. The minimum Gasteiger partial charge on any atom is -0.359 e. The first-order valence-electron chi connectivity index (χ1n) is 7.79. The van der Waals surface area contributed by atoms with Gasteiger partial charge in [0.1, 0.15) is 6.23 Å². The van der Waals surface area contributed by atoms with E-state index in [2.05, 4.69) is 0 Å². The molecule has 0 aromatic heterocycles. The Bertz CT molecular complexity index is 572. The molecule has 3 nitrogen and oxygen atoms in total. The van der Waals surface area contributed by atoms with Crippen LogP contribution in [-0.2, 0) is 9.53 Å². The fraction of sp³-hybridized carbons (Fsp3) is 0.316. The Hall–Kier alpha value is -2.13. The van der Waals surface area contributed by atoms with Gasteiger partial charge in [0, 0.05) is 6.54 Å². The van der Waals surface area contributed by atoms with Crippen LogP contribution in [0.3, 0.4) is 0 Å². The molecular weight excluding hydrogens is 274 g/mol. The van der Waals surface area contributed by atoms with E-state index in [1.54, 1.807) is 0 Å². The van der Waals surface area contributed by atoms with Gasteiger partial charge < -0.3 is 9.64 Å². The Morgan fingerprint density at radius 2 is 1.59 bits per heavy atom. The summed E-state index contributed by atoms with van der Waals surface area (Å²) in [4.78, 5) is 15.0. The summed E-state index contributed by atoms with van der Waals surface area (Å²) in [5, 5.41) is 0. The largest absolute Gasteiger partial charge is 0.359 e. The fourth-order valence-corrected chi connectivity index (χ4v) is 2.98. The fourth-order valence-electron chi connectivity index (χ4n) is 2.98. The summed E-state index contributed by atoms with van der Waals surface area (Å²) in [7, 11) is 0. The molecule has 0 spiro atoms. The highest BCUT2D eigenvalue weighted by Crippen LogP contribution is 2.28. The van der Waals surface area contributed by atoms with Gasteiger partial charge in [-0.05, 0) is 24.5 Å². The summed E-state index contributed by atoms with van der Waals surface area (Å²) in [6.07, 6.45) is 0.739. The highest BCUT2D eigenvalue weighted by Gasteiger charge is 2.31. The number of carbonyl (C=O) groups excluding carboxylic acids is 1. The number of benzene rings is 2. The Balaban J connectivity index is 1.97. The molecule has 1 aliphatic rings. The van der Waals surface area contributed by atoms with E-state index in [0.29, 0.717) is 0 Å². The normalized spacial score (nSPS) is 18.5. The van der Waals surface area contributed by atoms with Crippen LogP contribution < -0.4 is 0 Å². The molecule has 1 fully saturated rings. The SMILES string of the molecule is CC1OCCCN1C(=O)C(c1ccccc1)c1ccccc1. The number of hydrogen-bond donors (Lipinski definition) is 0. The second kappa shape index (κ2) is 6.75. The third kappa shape index (κ3) is 3.04. The molecule has 3 heteroatoms. The van der Waals surface area contributed by atoms with Gasteiger partial charge >= 0.3 is 0 Å². The van der Waals surface area contributed by atoms with Crippen molar-refractivity contribution in [2.45, 2.75) is 25.5 Å². The second-order valence-electron chi connectivity index (χ2n) is 5.61. The van der Waals surface area contributed by atoms with Gasteiger partial charge in [-0.15, -0.1) is 0 Å². The molecule has 1 saturated heterocycles. The minimum absolute atomic E-state index is 0.115. The van der Waals surface area contributed by atoms with Crippen LogP contribution >= 0.6 is 0 Å². The van der Waals surface area contributed by atoms with Crippen LogP contribution in [0.1, 0.15) is 30.4 Å². The van der Waals surface area contributed by atoms with Gasteiger partial charge in [-0.1, -0.05) is 60.7 Å². The lowest BCUT2D eigenvalue weighted by molar-refractivity contribution is -0.152. The molecule has 0 N–H and O–H groups in total.